The van der Waals surface area contributed by atoms with Crippen LogP contribution in [0.25, 0.3) is 0 Å². The van der Waals surface area contributed by atoms with Crippen LogP contribution in [0.4, 0.5) is 0 Å². The van der Waals surface area contributed by atoms with E-state index >= 15 is 0 Å². The lowest BCUT2D eigenvalue weighted by molar-refractivity contribution is 1.05. The molecule has 0 unspecified atom stereocenters. The second kappa shape index (κ2) is 10.1. The van der Waals surface area contributed by atoms with Crippen LogP contribution in [0.1, 0.15) is 17.1 Å². The zero-order valence-corrected chi connectivity index (χ0v) is 12.4. The number of hydrogen-bond donors (Lipinski definition) is 0. The molecule has 0 amide bonds. The van der Waals surface area contributed by atoms with Gasteiger partial charge in [-0.15, -0.1) is 0 Å². The van der Waals surface area contributed by atoms with E-state index in [1.807, 2.05) is 26.8 Å². The van der Waals surface area contributed by atoms with Crippen LogP contribution < -0.4 is 0 Å². The Morgan fingerprint density at radius 1 is 0.714 bits per heavy atom. The Balaban J connectivity index is 0.000000157. The molecule has 108 valence electrons. The SMILES string of the molecule is Cc1ccncn1.Cc1cncnc1.Cc1ncccn1. The minimum absolute atomic E-state index is 0.822. The van der Waals surface area contributed by atoms with Crippen LogP contribution in [-0.2, 0) is 0 Å². The molecule has 21 heavy (non-hydrogen) atoms. The first-order valence-electron chi connectivity index (χ1n) is 6.36. The predicted octanol–water partition coefficient (Wildman–Crippen LogP) is 2.36. The van der Waals surface area contributed by atoms with Crippen molar-refractivity contribution in [2.45, 2.75) is 20.8 Å². The lowest BCUT2D eigenvalue weighted by Gasteiger charge is -1.81. The van der Waals surface area contributed by atoms with Crippen LogP contribution in [-0.4, -0.2) is 29.9 Å². The van der Waals surface area contributed by atoms with Gasteiger partial charge in [0.05, 0.1) is 0 Å². The van der Waals surface area contributed by atoms with Gasteiger partial charge in [-0.3, -0.25) is 0 Å². The lowest BCUT2D eigenvalue weighted by Crippen LogP contribution is -1.80. The molecule has 3 heterocycles. The van der Waals surface area contributed by atoms with Crippen LogP contribution >= 0.6 is 0 Å². The van der Waals surface area contributed by atoms with Gasteiger partial charge in [0.1, 0.15) is 18.5 Å². The third-order valence-corrected chi connectivity index (χ3v) is 2.11. The van der Waals surface area contributed by atoms with Crippen LogP contribution in [0.15, 0.2) is 55.8 Å². The third-order valence-electron chi connectivity index (χ3n) is 2.11. The smallest absolute Gasteiger partial charge is 0.125 e. The quantitative estimate of drug-likeness (QED) is 0.630. The standard InChI is InChI=1S/3C5H6N2/c1-5-2-6-4-7-3-5;1-5-2-3-6-4-7-5;1-5-6-3-2-4-7-5/h3*2-4H,1H3. The van der Waals surface area contributed by atoms with Crippen molar-refractivity contribution >= 4 is 0 Å². The number of aryl methyl sites for hydroxylation is 3. The van der Waals surface area contributed by atoms with E-state index in [0.29, 0.717) is 0 Å². The number of rotatable bonds is 0. The summed E-state index contributed by atoms with van der Waals surface area (Å²) in [5, 5.41) is 0. The first-order chi connectivity index (χ1) is 10.2. The molecule has 0 N–H and O–H groups in total. The maximum atomic E-state index is 3.87. The van der Waals surface area contributed by atoms with Gasteiger partial charge in [0.2, 0.25) is 0 Å². The number of nitrogens with zero attached hydrogens (tertiary/aromatic N) is 6. The molecule has 0 aromatic carbocycles. The first-order valence-corrected chi connectivity index (χ1v) is 6.36. The maximum absolute atomic E-state index is 3.87. The average molecular weight is 282 g/mol. The Morgan fingerprint density at radius 3 is 1.67 bits per heavy atom. The summed E-state index contributed by atoms with van der Waals surface area (Å²) < 4.78 is 0. The van der Waals surface area contributed by atoms with Crippen LogP contribution in [0.3, 0.4) is 0 Å². The van der Waals surface area contributed by atoms with E-state index in [1.165, 1.54) is 12.7 Å². The molecule has 3 aromatic heterocycles. The summed E-state index contributed by atoms with van der Waals surface area (Å²) in [6, 6.07) is 3.66. The van der Waals surface area contributed by atoms with E-state index in [1.54, 1.807) is 37.1 Å². The number of aromatic nitrogens is 6. The Bertz CT molecular complexity index is 497. The summed E-state index contributed by atoms with van der Waals surface area (Å²) in [6.07, 6.45) is 11.8. The largest absolute Gasteiger partial charge is 0.245 e. The Hall–Kier alpha value is -2.76. The highest BCUT2D eigenvalue weighted by Gasteiger charge is 1.75. The van der Waals surface area contributed by atoms with Crippen molar-refractivity contribution in [3.8, 4) is 0 Å². The molecule has 0 aliphatic rings. The molecule has 0 saturated heterocycles. The van der Waals surface area contributed by atoms with Crippen molar-refractivity contribution in [2.75, 3.05) is 0 Å². The van der Waals surface area contributed by atoms with E-state index in [4.69, 9.17) is 0 Å². The van der Waals surface area contributed by atoms with Gasteiger partial charge in [-0.25, -0.2) is 29.9 Å². The summed E-state index contributed by atoms with van der Waals surface area (Å²) >= 11 is 0. The van der Waals surface area contributed by atoms with E-state index in [2.05, 4.69) is 29.9 Å². The highest BCUT2D eigenvalue weighted by molar-refractivity contribution is 4.97. The number of hydrogen-bond acceptors (Lipinski definition) is 6. The average Bonchev–Trinajstić information content (AvgIpc) is 2.51. The lowest BCUT2D eigenvalue weighted by atomic mass is 10.4. The molecule has 0 radical (unpaired) electrons. The Labute approximate surface area is 124 Å². The normalized spacial score (nSPS) is 8.71. The molecule has 0 fully saturated rings. The molecule has 0 bridgehead atoms. The molecule has 0 atom stereocenters. The van der Waals surface area contributed by atoms with Gasteiger partial charge < -0.3 is 0 Å². The first kappa shape index (κ1) is 16.3. The minimum Gasteiger partial charge on any atom is -0.245 e. The van der Waals surface area contributed by atoms with Crippen molar-refractivity contribution in [3.05, 3.63) is 72.9 Å². The predicted molar refractivity (Wildman–Crippen MR) is 80.3 cm³/mol. The zero-order chi connectivity index (χ0) is 15.3. The molecule has 0 spiro atoms. The van der Waals surface area contributed by atoms with Crippen molar-refractivity contribution in [1.82, 2.24) is 29.9 Å². The Morgan fingerprint density at radius 2 is 1.38 bits per heavy atom. The van der Waals surface area contributed by atoms with Crippen molar-refractivity contribution in [3.63, 3.8) is 0 Å². The fourth-order valence-electron chi connectivity index (χ4n) is 1.10. The van der Waals surface area contributed by atoms with Gasteiger partial charge in [0.15, 0.2) is 0 Å². The van der Waals surface area contributed by atoms with E-state index in [0.717, 1.165) is 17.1 Å². The molecule has 0 aliphatic carbocycles. The topological polar surface area (TPSA) is 77.3 Å². The van der Waals surface area contributed by atoms with Gasteiger partial charge in [-0.05, 0) is 38.5 Å². The monoisotopic (exact) mass is 282 g/mol. The van der Waals surface area contributed by atoms with Gasteiger partial charge in [0.25, 0.3) is 0 Å². The molecular weight excluding hydrogens is 264 g/mol. The van der Waals surface area contributed by atoms with Crippen molar-refractivity contribution < 1.29 is 0 Å². The highest BCUT2D eigenvalue weighted by Crippen LogP contribution is 1.84. The molecule has 6 nitrogen and oxygen atoms in total. The summed E-state index contributed by atoms with van der Waals surface area (Å²) in [5.41, 5.74) is 2.11. The van der Waals surface area contributed by atoms with E-state index in [-0.39, 0.29) is 0 Å². The maximum Gasteiger partial charge on any atom is 0.125 e. The molecule has 3 aromatic rings. The van der Waals surface area contributed by atoms with Crippen molar-refractivity contribution in [1.29, 1.82) is 0 Å². The second-order valence-electron chi connectivity index (χ2n) is 4.06. The van der Waals surface area contributed by atoms with E-state index in [9.17, 15) is 0 Å². The summed E-state index contributed by atoms with van der Waals surface area (Å²) in [5.74, 6) is 0.822. The molecule has 0 aliphatic heterocycles. The highest BCUT2D eigenvalue weighted by atomic mass is 14.8. The summed E-state index contributed by atoms with van der Waals surface area (Å²) in [6.45, 7) is 5.75. The molecule has 3 rings (SSSR count). The second-order valence-corrected chi connectivity index (χ2v) is 4.06. The van der Waals surface area contributed by atoms with Gasteiger partial charge in [-0.2, -0.15) is 0 Å². The fraction of sp³-hybridized carbons (Fsp3) is 0.200. The van der Waals surface area contributed by atoms with Crippen LogP contribution in [0, 0.1) is 20.8 Å². The molecule has 6 heteroatoms. The van der Waals surface area contributed by atoms with Gasteiger partial charge in [-0.1, -0.05) is 0 Å². The van der Waals surface area contributed by atoms with Crippen LogP contribution in [0.2, 0.25) is 0 Å². The zero-order valence-electron chi connectivity index (χ0n) is 12.4. The van der Waals surface area contributed by atoms with Crippen LogP contribution in [0.5, 0.6) is 0 Å². The van der Waals surface area contributed by atoms with Gasteiger partial charge >= 0.3 is 0 Å². The third kappa shape index (κ3) is 8.88. The molecule has 0 saturated carbocycles. The minimum atomic E-state index is 0.822. The molecular formula is C15H18N6. The van der Waals surface area contributed by atoms with E-state index < -0.39 is 0 Å². The summed E-state index contributed by atoms with van der Waals surface area (Å²) in [7, 11) is 0. The summed E-state index contributed by atoms with van der Waals surface area (Å²) in [4.78, 5) is 22.9. The van der Waals surface area contributed by atoms with Crippen molar-refractivity contribution in [2.24, 2.45) is 0 Å². The van der Waals surface area contributed by atoms with Gasteiger partial charge in [0, 0.05) is 36.7 Å². The fourth-order valence-corrected chi connectivity index (χ4v) is 1.10. The Kier molecular flexibility index (Phi) is 7.82.